The minimum absolute atomic E-state index is 0.128. The van der Waals surface area contributed by atoms with Gasteiger partial charge in [0.2, 0.25) is 11.8 Å². The lowest BCUT2D eigenvalue weighted by Gasteiger charge is -2.26. The van der Waals surface area contributed by atoms with Gasteiger partial charge in [0.05, 0.1) is 5.92 Å². The second-order valence-corrected chi connectivity index (χ2v) is 4.57. The molecular formula is C13H17N3O2. The largest absolute Gasteiger partial charge is 0.315 e. The van der Waals surface area contributed by atoms with E-state index in [1.165, 1.54) is 0 Å². The van der Waals surface area contributed by atoms with Crippen molar-refractivity contribution in [3.8, 4) is 0 Å². The summed E-state index contributed by atoms with van der Waals surface area (Å²) in [6, 6.07) is 5.74. The fraction of sp³-hybridized carbons (Fsp3) is 0.385. The van der Waals surface area contributed by atoms with Crippen LogP contribution in [-0.4, -0.2) is 18.9 Å². The second-order valence-electron chi connectivity index (χ2n) is 4.57. The van der Waals surface area contributed by atoms with E-state index in [0.29, 0.717) is 6.42 Å². The van der Waals surface area contributed by atoms with Gasteiger partial charge in [0.15, 0.2) is 0 Å². The van der Waals surface area contributed by atoms with Crippen LogP contribution in [0.25, 0.3) is 0 Å². The van der Waals surface area contributed by atoms with Crippen LogP contribution in [0.1, 0.15) is 30.4 Å². The standard InChI is InChI=1S/C13H17N3O2/c1-8(13(18)15-14)9-3-5-11-10(7-9)4-6-12(17)16(11)2/h3,5,7-8H,4,6,14H2,1-2H3,(H,15,18). The lowest BCUT2D eigenvalue weighted by atomic mass is 9.93. The predicted octanol–water partition coefficient (Wildman–Crippen LogP) is 0.689. The van der Waals surface area contributed by atoms with Gasteiger partial charge in [-0.3, -0.25) is 15.0 Å². The Labute approximate surface area is 106 Å². The molecule has 18 heavy (non-hydrogen) atoms. The third-order valence-corrected chi connectivity index (χ3v) is 3.48. The van der Waals surface area contributed by atoms with Crippen molar-refractivity contribution in [2.45, 2.75) is 25.7 Å². The van der Waals surface area contributed by atoms with Crippen LogP contribution in [-0.2, 0) is 16.0 Å². The number of hydrogen-bond acceptors (Lipinski definition) is 3. The number of amides is 2. The van der Waals surface area contributed by atoms with Crippen molar-refractivity contribution in [2.75, 3.05) is 11.9 Å². The van der Waals surface area contributed by atoms with E-state index in [1.54, 1.807) is 11.9 Å². The number of carbonyl (C=O) groups excluding carboxylic acids is 2. The number of benzene rings is 1. The van der Waals surface area contributed by atoms with E-state index in [0.717, 1.165) is 23.2 Å². The molecule has 2 rings (SSSR count). The molecule has 0 fully saturated rings. The van der Waals surface area contributed by atoms with Gasteiger partial charge in [-0.15, -0.1) is 0 Å². The highest BCUT2D eigenvalue weighted by molar-refractivity contribution is 5.96. The van der Waals surface area contributed by atoms with E-state index >= 15 is 0 Å². The van der Waals surface area contributed by atoms with Gasteiger partial charge in [-0.05, 0) is 30.5 Å². The van der Waals surface area contributed by atoms with E-state index in [9.17, 15) is 9.59 Å². The summed E-state index contributed by atoms with van der Waals surface area (Å²) in [5.41, 5.74) is 5.10. The Morgan fingerprint density at radius 1 is 1.44 bits per heavy atom. The molecule has 0 aromatic heterocycles. The van der Waals surface area contributed by atoms with Gasteiger partial charge in [0.1, 0.15) is 0 Å². The monoisotopic (exact) mass is 247 g/mol. The Hall–Kier alpha value is -1.88. The average Bonchev–Trinajstić information content (AvgIpc) is 2.41. The molecule has 5 nitrogen and oxygen atoms in total. The van der Waals surface area contributed by atoms with Crippen molar-refractivity contribution < 1.29 is 9.59 Å². The molecule has 1 aliphatic heterocycles. The van der Waals surface area contributed by atoms with Crippen LogP contribution in [0.15, 0.2) is 18.2 Å². The Morgan fingerprint density at radius 3 is 2.83 bits per heavy atom. The van der Waals surface area contributed by atoms with Gasteiger partial charge in [0, 0.05) is 19.2 Å². The minimum atomic E-state index is -0.289. The highest BCUT2D eigenvalue weighted by Crippen LogP contribution is 2.29. The van der Waals surface area contributed by atoms with Crippen LogP contribution in [0, 0.1) is 0 Å². The third-order valence-electron chi connectivity index (χ3n) is 3.48. The van der Waals surface area contributed by atoms with Crippen LogP contribution in [0.2, 0.25) is 0 Å². The van der Waals surface area contributed by atoms with Crippen LogP contribution in [0.3, 0.4) is 0 Å². The molecule has 5 heteroatoms. The van der Waals surface area contributed by atoms with Crippen molar-refractivity contribution in [1.82, 2.24) is 5.43 Å². The van der Waals surface area contributed by atoms with E-state index in [-0.39, 0.29) is 17.7 Å². The van der Waals surface area contributed by atoms with Crippen molar-refractivity contribution in [3.63, 3.8) is 0 Å². The summed E-state index contributed by atoms with van der Waals surface area (Å²) < 4.78 is 0. The summed E-state index contributed by atoms with van der Waals surface area (Å²) >= 11 is 0. The molecule has 0 saturated heterocycles. The number of hydrazine groups is 1. The zero-order chi connectivity index (χ0) is 13.3. The van der Waals surface area contributed by atoms with Gasteiger partial charge < -0.3 is 4.90 Å². The number of aryl methyl sites for hydroxylation is 1. The number of carbonyl (C=O) groups is 2. The number of nitrogens with zero attached hydrogens (tertiary/aromatic N) is 1. The maximum atomic E-state index is 11.6. The first kappa shape index (κ1) is 12.6. The first-order valence-corrected chi connectivity index (χ1v) is 5.94. The summed E-state index contributed by atoms with van der Waals surface area (Å²) in [6.07, 6.45) is 1.24. The Balaban J connectivity index is 2.33. The second kappa shape index (κ2) is 4.78. The van der Waals surface area contributed by atoms with Crippen LogP contribution >= 0.6 is 0 Å². The smallest absolute Gasteiger partial charge is 0.241 e. The van der Waals surface area contributed by atoms with Gasteiger partial charge in [-0.1, -0.05) is 12.1 Å². The molecule has 0 saturated carbocycles. The highest BCUT2D eigenvalue weighted by atomic mass is 16.2. The van der Waals surface area contributed by atoms with Crippen molar-refractivity contribution in [1.29, 1.82) is 0 Å². The summed E-state index contributed by atoms with van der Waals surface area (Å²) in [6.45, 7) is 1.81. The highest BCUT2D eigenvalue weighted by Gasteiger charge is 2.22. The van der Waals surface area contributed by atoms with Gasteiger partial charge in [-0.25, -0.2) is 5.84 Å². The summed E-state index contributed by atoms with van der Waals surface area (Å²) in [5.74, 6) is 4.76. The fourth-order valence-electron chi connectivity index (χ4n) is 2.22. The molecule has 1 atom stereocenters. The SMILES string of the molecule is CC(C(=O)NN)c1ccc2c(c1)CCC(=O)N2C. The molecule has 1 aromatic carbocycles. The number of nitrogens with one attached hydrogen (secondary N) is 1. The summed E-state index contributed by atoms with van der Waals surface area (Å²) in [5, 5.41) is 0. The molecule has 0 radical (unpaired) electrons. The number of fused-ring (bicyclic) bond motifs is 1. The lowest BCUT2D eigenvalue weighted by Crippen LogP contribution is -2.34. The summed E-state index contributed by atoms with van der Waals surface area (Å²) in [7, 11) is 1.77. The van der Waals surface area contributed by atoms with Crippen LogP contribution < -0.4 is 16.2 Å². The van der Waals surface area contributed by atoms with Gasteiger partial charge in [0.25, 0.3) is 0 Å². The Bertz CT molecular complexity index is 499. The Morgan fingerprint density at radius 2 is 2.17 bits per heavy atom. The maximum absolute atomic E-state index is 11.6. The van der Waals surface area contributed by atoms with Crippen molar-refractivity contribution in [2.24, 2.45) is 5.84 Å². The first-order chi connectivity index (χ1) is 8.54. The zero-order valence-corrected chi connectivity index (χ0v) is 10.6. The molecule has 0 bridgehead atoms. The topological polar surface area (TPSA) is 75.4 Å². The fourth-order valence-corrected chi connectivity index (χ4v) is 2.22. The molecule has 96 valence electrons. The van der Waals surface area contributed by atoms with Gasteiger partial charge in [-0.2, -0.15) is 0 Å². The molecule has 1 unspecified atom stereocenters. The molecule has 0 spiro atoms. The minimum Gasteiger partial charge on any atom is -0.315 e. The van der Waals surface area contributed by atoms with E-state index in [4.69, 9.17) is 5.84 Å². The molecule has 1 heterocycles. The summed E-state index contributed by atoms with van der Waals surface area (Å²) in [4.78, 5) is 24.7. The molecule has 2 amide bonds. The zero-order valence-electron chi connectivity index (χ0n) is 10.6. The quantitative estimate of drug-likeness (QED) is 0.458. The van der Waals surface area contributed by atoms with E-state index < -0.39 is 0 Å². The normalized spacial score (nSPS) is 16.2. The molecule has 0 aliphatic carbocycles. The number of hydrogen-bond donors (Lipinski definition) is 2. The molecular weight excluding hydrogens is 230 g/mol. The molecule has 1 aliphatic rings. The average molecular weight is 247 g/mol. The van der Waals surface area contributed by atoms with Crippen molar-refractivity contribution >= 4 is 17.5 Å². The van der Waals surface area contributed by atoms with Gasteiger partial charge >= 0.3 is 0 Å². The number of anilines is 1. The number of rotatable bonds is 2. The maximum Gasteiger partial charge on any atom is 0.241 e. The van der Waals surface area contributed by atoms with Crippen molar-refractivity contribution in [3.05, 3.63) is 29.3 Å². The van der Waals surface area contributed by atoms with Crippen LogP contribution in [0.4, 0.5) is 5.69 Å². The molecule has 1 aromatic rings. The number of nitrogens with two attached hydrogens (primary N) is 1. The molecule has 3 N–H and O–H groups in total. The Kier molecular flexibility index (Phi) is 3.34. The van der Waals surface area contributed by atoms with E-state index in [1.807, 2.05) is 25.1 Å². The first-order valence-electron chi connectivity index (χ1n) is 5.94. The third kappa shape index (κ3) is 2.09. The van der Waals surface area contributed by atoms with E-state index in [2.05, 4.69) is 5.43 Å². The van der Waals surface area contributed by atoms with Crippen LogP contribution in [0.5, 0.6) is 0 Å². The lowest BCUT2D eigenvalue weighted by molar-refractivity contribution is -0.122. The predicted molar refractivity (Wildman–Crippen MR) is 68.9 cm³/mol.